The van der Waals surface area contributed by atoms with E-state index in [1.54, 1.807) is 0 Å². The molecular weight excluding hydrogens is 224 g/mol. The zero-order valence-electron chi connectivity index (χ0n) is 11.0. The molecule has 0 radical (unpaired) electrons. The fourth-order valence-corrected chi connectivity index (χ4v) is 2.80. The molecule has 0 spiro atoms. The molecule has 0 bridgehead atoms. The second-order valence-corrected chi connectivity index (χ2v) is 5.27. The van der Waals surface area contributed by atoms with Gasteiger partial charge < -0.3 is 11.1 Å². The van der Waals surface area contributed by atoms with Gasteiger partial charge in [0.05, 0.1) is 0 Å². The van der Waals surface area contributed by atoms with Gasteiger partial charge in [-0.05, 0) is 37.0 Å². The van der Waals surface area contributed by atoms with E-state index < -0.39 is 0 Å². The van der Waals surface area contributed by atoms with Crippen molar-refractivity contribution >= 4 is 11.6 Å². The third-order valence-corrected chi connectivity index (χ3v) is 4.15. The molecule has 3 heteroatoms. The number of carbonyl (C=O) groups is 1. The van der Waals surface area contributed by atoms with Crippen molar-refractivity contribution in [1.29, 1.82) is 0 Å². The summed E-state index contributed by atoms with van der Waals surface area (Å²) in [5.74, 6) is 0.222. The maximum absolute atomic E-state index is 12.3. The number of benzene rings is 1. The monoisotopic (exact) mass is 246 g/mol. The molecule has 1 aliphatic carbocycles. The van der Waals surface area contributed by atoms with Gasteiger partial charge in [-0.3, -0.25) is 4.79 Å². The molecule has 2 rings (SSSR count). The Balaban J connectivity index is 1.93. The second kappa shape index (κ2) is 5.42. The van der Waals surface area contributed by atoms with Gasteiger partial charge in [-0.25, -0.2) is 0 Å². The first kappa shape index (κ1) is 12.9. The lowest BCUT2D eigenvalue weighted by Gasteiger charge is -2.26. The van der Waals surface area contributed by atoms with Crippen molar-refractivity contribution in [2.24, 2.45) is 5.41 Å². The number of carbonyl (C=O) groups excluding carboxylic acids is 1. The van der Waals surface area contributed by atoms with Crippen molar-refractivity contribution < 1.29 is 4.79 Å². The van der Waals surface area contributed by atoms with Gasteiger partial charge in [0.1, 0.15) is 0 Å². The third kappa shape index (κ3) is 2.66. The van der Waals surface area contributed by atoms with Crippen LogP contribution >= 0.6 is 0 Å². The number of rotatable bonds is 4. The summed E-state index contributed by atoms with van der Waals surface area (Å²) in [6, 6.07) is 7.66. The molecule has 0 heterocycles. The number of amides is 1. The van der Waals surface area contributed by atoms with E-state index in [1.165, 1.54) is 12.8 Å². The number of anilines is 1. The Hall–Kier alpha value is -1.51. The highest BCUT2D eigenvalue weighted by molar-refractivity contribution is 5.82. The summed E-state index contributed by atoms with van der Waals surface area (Å²) in [6.07, 6.45) is 5.39. The fourth-order valence-electron chi connectivity index (χ4n) is 2.80. The number of nitrogens with one attached hydrogen (secondary N) is 1. The summed E-state index contributed by atoms with van der Waals surface area (Å²) in [5, 5.41) is 3.07. The van der Waals surface area contributed by atoms with Crippen LogP contribution in [0.4, 0.5) is 5.69 Å². The van der Waals surface area contributed by atoms with Gasteiger partial charge in [-0.1, -0.05) is 31.9 Å². The zero-order valence-corrected chi connectivity index (χ0v) is 11.0. The summed E-state index contributed by atoms with van der Waals surface area (Å²) in [4.78, 5) is 12.3. The van der Waals surface area contributed by atoms with E-state index in [9.17, 15) is 4.79 Å². The lowest BCUT2D eigenvalue weighted by Crippen LogP contribution is -2.38. The quantitative estimate of drug-likeness (QED) is 0.803. The van der Waals surface area contributed by atoms with Crippen molar-refractivity contribution in [2.75, 3.05) is 5.73 Å². The standard InChI is InChI=1S/C15H22N2O/c1-2-15(9-3-4-10-15)14(18)17-11-12-5-7-13(16)8-6-12/h5-8H,2-4,9-11,16H2,1H3,(H,17,18). The molecule has 98 valence electrons. The van der Waals surface area contributed by atoms with Crippen molar-refractivity contribution in [3.05, 3.63) is 29.8 Å². The fraction of sp³-hybridized carbons (Fsp3) is 0.533. The highest BCUT2D eigenvalue weighted by Gasteiger charge is 2.38. The zero-order chi connectivity index (χ0) is 13.0. The van der Waals surface area contributed by atoms with Gasteiger partial charge in [0.2, 0.25) is 5.91 Å². The summed E-state index contributed by atoms with van der Waals surface area (Å²) in [5.41, 5.74) is 7.39. The van der Waals surface area contributed by atoms with Gasteiger partial charge in [0.25, 0.3) is 0 Å². The minimum Gasteiger partial charge on any atom is -0.399 e. The predicted molar refractivity (Wildman–Crippen MR) is 73.9 cm³/mol. The highest BCUT2D eigenvalue weighted by atomic mass is 16.2. The molecule has 1 saturated carbocycles. The van der Waals surface area contributed by atoms with E-state index in [4.69, 9.17) is 5.73 Å². The number of nitrogen functional groups attached to an aromatic ring is 1. The smallest absolute Gasteiger partial charge is 0.226 e. The van der Waals surface area contributed by atoms with Gasteiger partial charge in [-0.15, -0.1) is 0 Å². The number of hydrogen-bond acceptors (Lipinski definition) is 2. The van der Waals surface area contributed by atoms with Crippen LogP contribution in [0.2, 0.25) is 0 Å². The molecule has 0 aromatic heterocycles. The molecule has 0 atom stereocenters. The largest absolute Gasteiger partial charge is 0.399 e. The van der Waals surface area contributed by atoms with Crippen LogP contribution in [0, 0.1) is 5.41 Å². The molecule has 18 heavy (non-hydrogen) atoms. The van der Waals surface area contributed by atoms with Crippen LogP contribution in [0.1, 0.15) is 44.6 Å². The second-order valence-electron chi connectivity index (χ2n) is 5.27. The molecule has 0 saturated heterocycles. The Morgan fingerprint density at radius 2 is 1.89 bits per heavy atom. The van der Waals surface area contributed by atoms with E-state index in [-0.39, 0.29) is 11.3 Å². The van der Waals surface area contributed by atoms with Crippen LogP contribution in [0.15, 0.2) is 24.3 Å². The maximum atomic E-state index is 12.3. The first-order chi connectivity index (χ1) is 8.66. The summed E-state index contributed by atoms with van der Waals surface area (Å²) >= 11 is 0. The average Bonchev–Trinajstić information content (AvgIpc) is 2.88. The maximum Gasteiger partial charge on any atom is 0.226 e. The Kier molecular flexibility index (Phi) is 3.90. The first-order valence-electron chi connectivity index (χ1n) is 6.79. The normalized spacial score (nSPS) is 17.6. The van der Waals surface area contributed by atoms with E-state index in [0.29, 0.717) is 6.54 Å². The Morgan fingerprint density at radius 3 is 2.44 bits per heavy atom. The van der Waals surface area contributed by atoms with Crippen LogP contribution in [0.25, 0.3) is 0 Å². The average molecular weight is 246 g/mol. The van der Waals surface area contributed by atoms with Crippen molar-refractivity contribution in [3.63, 3.8) is 0 Å². The van der Waals surface area contributed by atoms with Gasteiger partial charge >= 0.3 is 0 Å². The molecule has 1 aliphatic rings. The first-order valence-corrected chi connectivity index (χ1v) is 6.79. The van der Waals surface area contributed by atoms with Gasteiger partial charge in [-0.2, -0.15) is 0 Å². The molecular formula is C15H22N2O. The number of nitrogens with two attached hydrogens (primary N) is 1. The summed E-state index contributed by atoms with van der Waals surface area (Å²) < 4.78 is 0. The molecule has 1 aromatic carbocycles. The minimum absolute atomic E-state index is 0.103. The molecule has 0 aliphatic heterocycles. The SMILES string of the molecule is CCC1(C(=O)NCc2ccc(N)cc2)CCCC1. The van der Waals surface area contributed by atoms with Crippen LogP contribution in [0.3, 0.4) is 0 Å². The molecule has 3 N–H and O–H groups in total. The molecule has 3 nitrogen and oxygen atoms in total. The Labute approximate surface area is 109 Å². The van der Waals surface area contributed by atoms with Crippen LogP contribution in [-0.2, 0) is 11.3 Å². The highest BCUT2D eigenvalue weighted by Crippen LogP contribution is 2.41. The van der Waals surface area contributed by atoms with Gasteiger partial charge in [0.15, 0.2) is 0 Å². The summed E-state index contributed by atoms with van der Waals surface area (Å²) in [6.45, 7) is 2.72. The van der Waals surface area contributed by atoms with E-state index in [2.05, 4.69) is 12.2 Å². The summed E-state index contributed by atoms with van der Waals surface area (Å²) in [7, 11) is 0. The molecule has 1 amide bonds. The lowest BCUT2D eigenvalue weighted by atomic mass is 9.82. The van der Waals surface area contributed by atoms with Crippen LogP contribution in [-0.4, -0.2) is 5.91 Å². The van der Waals surface area contributed by atoms with Crippen LogP contribution < -0.4 is 11.1 Å². The minimum atomic E-state index is -0.103. The van der Waals surface area contributed by atoms with Crippen molar-refractivity contribution in [1.82, 2.24) is 5.32 Å². The molecule has 1 fully saturated rings. The Morgan fingerprint density at radius 1 is 1.28 bits per heavy atom. The van der Waals surface area contributed by atoms with E-state index in [0.717, 1.165) is 30.5 Å². The van der Waals surface area contributed by atoms with E-state index >= 15 is 0 Å². The molecule has 1 aromatic rings. The van der Waals surface area contributed by atoms with Crippen molar-refractivity contribution in [3.8, 4) is 0 Å². The topological polar surface area (TPSA) is 55.1 Å². The van der Waals surface area contributed by atoms with Crippen molar-refractivity contribution in [2.45, 2.75) is 45.6 Å². The predicted octanol–water partition coefficient (Wildman–Crippen LogP) is 2.86. The Bertz CT molecular complexity index is 405. The third-order valence-electron chi connectivity index (χ3n) is 4.15. The van der Waals surface area contributed by atoms with Crippen LogP contribution in [0.5, 0.6) is 0 Å². The van der Waals surface area contributed by atoms with E-state index in [1.807, 2.05) is 24.3 Å². The molecule has 0 unspecified atom stereocenters. The van der Waals surface area contributed by atoms with Gasteiger partial charge in [0, 0.05) is 17.6 Å². The number of hydrogen-bond donors (Lipinski definition) is 2. The lowest BCUT2D eigenvalue weighted by molar-refractivity contribution is -0.131.